The van der Waals surface area contributed by atoms with Crippen molar-refractivity contribution < 1.29 is 23.9 Å². The lowest BCUT2D eigenvalue weighted by Crippen LogP contribution is -2.63. The molecule has 2 atom stereocenters. The van der Waals surface area contributed by atoms with Crippen molar-refractivity contribution in [3.05, 3.63) is 35.9 Å². The Kier molecular flexibility index (Phi) is 8.65. The molecule has 2 saturated carbocycles. The van der Waals surface area contributed by atoms with Crippen molar-refractivity contribution >= 4 is 23.7 Å². The molecule has 0 N–H and O–H groups in total. The highest BCUT2D eigenvalue weighted by Crippen LogP contribution is 2.50. The first-order valence-corrected chi connectivity index (χ1v) is 12.7. The van der Waals surface area contributed by atoms with Gasteiger partial charge in [0.05, 0.1) is 12.1 Å². The topological polar surface area (TPSA) is 94.4 Å². The summed E-state index contributed by atoms with van der Waals surface area (Å²) in [5, 5.41) is 0. The largest absolute Gasteiger partial charge is 0.459 e. The van der Waals surface area contributed by atoms with Gasteiger partial charge in [0.2, 0.25) is 0 Å². The highest BCUT2D eigenvalue weighted by molar-refractivity contribution is 6.10. The second-order valence-electron chi connectivity index (χ2n) is 10.7. The molecule has 35 heavy (non-hydrogen) atoms. The molecule has 2 aliphatic rings. The van der Waals surface area contributed by atoms with E-state index in [-0.39, 0.29) is 25.5 Å². The summed E-state index contributed by atoms with van der Waals surface area (Å²) in [4.78, 5) is 49.8. The molecule has 3 rings (SSSR count). The number of benzene rings is 1. The lowest BCUT2D eigenvalue weighted by molar-refractivity contribution is -0.186. The molecule has 1 aromatic rings. The van der Waals surface area contributed by atoms with Crippen LogP contribution in [0.1, 0.15) is 91.0 Å². The lowest BCUT2D eigenvalue weighted by atomic mass is 9.59. The second-order valence-corrected chi connectivity index (χ2v) is 10.7. The van der Waals surface area contributed by atoms with Crippen LogP contribution in [0.5, 0.6) is 0 Å². The average molecular weight is 483 g/mol. The van der Waals surface area contributed by atoms with Crippen LogP contribution in [-0.2, 0) is 30.5 Å². The molecule has 2 unspecified atom stereocenters. The van der Waals surface area contributed by atoms with Gasteiger partial charge >= 0.3 is 11.9 Å². The molecule has 0 spiro atoms. The van der Waals surface area contributed by atoms with Gasteiger partial charge in [0.1, 0.15) is 18.0 Å². The molecule has 2 fully saturated rings. The Bertz CT molecular complexity index is 971. The predicted molar refractivity (Wildman–Crippen MR) is 133 cm³/mol. The van der Waals surface area contributed by atoms with Crippen LogP contribution in [0.3, 0.4) is 0 Å². The fourth-order valence-electron chi connectivity index (χ4n) is 5.16. The summed E-state index contributed by atoms with van der Waals surface area (Å²) in [6, 6.07) is 12.1. The number of esters is 2. The fraction of sp³-hybridized carbons (Fsp3) is 0.643. The van der Waals surface area contributed by atoms with Gasteiger partial charge in [-0.25, -0.2) is 14.8 Å². The Labute approximate surface area is 208 Å². The minimum Gasteiger partial charge on any atom is -0.459 e. The van der Waals surface area contributed by atoms with E-state index in [1.807, 2.05) is 30.3 Å². The van der Waals surface area contributed by atoms with Gasteiger partial charge in [-0.05, 0) is 58.9 Å². The van der Waals surface area contributed by atoms with E-state index in [0.29, 0.717) is 12.8 Å². The third-order valence-electron chi connectivity index (χ3n) is 7.00. The molecule has 7 nitrogen and oxygen atoms in total. The van der Waals surface area contributed by atoms with Crippen LogP contribution in [0.2, 0.25) is 0 Å². The lowest BCUT2D eigenvalue weighted by Gasteiger charge is -2.45. The van der Waals surface area contributed by atoms with Gasteiger partial charge < -0.3 is 9.47 Å². The first-order chi connectivity index (χ1) is 16.6. The molecule has 0 bridgehead atoms. The third-order valence-corrected chi connectivity index (χ3v) is 7.00. The Morgan fingerprint density at radius 1 is 0.971 bits per heavy atom. The molecule has 0 aliphatic heterocycles. The number of aliphatic imine (C=N–C) groups is 2. The zero-order chi connectivity index (χ0) is 25.5. The summed E-state index contributed by atoms with van der Waals surface area (Å²) in [5.74, 6) is -1.91. The molecule has 0 heterocycles. The van der Waals surface area contributed by atoms with Crippen molar-refractivity contribution in [2.75, 3.05) is 0 Å². The number of ether oxygens (including phenoxy) is 2. The molecular weight excluding hydrogens is 444 g/mol. The van der Waals surface area contributed by atoms with Gasteiger partial charge in [0.25, 0.3) is 0 Å². The number of carbonyl (C=O) groups is 3. The minimum absolute atomic E-state index is 0.0129. The van der Waals surface area contributed by atoms with E-state index in [0.717, 1.165) is 31.2 Å². The molecule has 2 aliphatic carbocycles. The summed E-state index contributed by atoms with van der Waals surface area (Å²) in [7, 11) is 0. The maximum Gasteiger partial charge on any atom is 0.336 e. The standard InChI is InChI=1S/C28H38N2O5/c1-21(31)27(24(32)35-26(2,3)4)17-11-12-18-28(27,30-20-29-23-15-9-6-10-16-23)25(33)34-19-22-13-7-5-8-14-22/h5,7-8,13-14,23H,6,9-12,15-19H2,1-4H3. The highest BCUT2D eigenvalue weighted by atomic mass is 16.6. The van der Waals surface area contributed by atoms with E-state index >= 15 is 0 Å². The van der Waals surface area contributed by atoms with E-state index in [1.54, 1.807) is 20.8 Å². The molecule has 1 aromatic carbocycles. The van der Waals surface area contributed by atoms with Crippen molar-refractivity contribution in [3.63, 3.8) is 0 Å². The Morgan fingerprint density at radius 2 is 1.63 bits per heavy atom. The summed E-state index contributed by atoms with van der Waals surface area (Å²) in [6.45, 7) is 6.57. The van der Waals surface area contributed by atoms with E-state index in [1.165, 1.54) is 13.3 Å². The summed E-state index contributed by atoms with van der Waals surface area (Å²) in [5.41, 5.74) is -3.60. The van der Waals surface area contributed by atoms with Crippen molar-refractivity contribution in [1.82, 2.24) is 0 Å². The fourth-order valence-corrected chi connectivity index (χ4v) is 5.16. The Balaban J connectivity index is 2.06. The third kappa shape index (κ3) is 6.07. The number of Topliss-reactive ketones (excluding diaryl/α,β-unsaturated/α-hetero) is 1. The summed E-state index contributed by atoms with van der Waals surface area (Å²) < 4.78 is 11.4. The van der Waals surface area contributed by atoms with Gasteiger partial charge in [-0.3, -0.25) is 9.59 Å². The van der Waals surface area contributed by atoms with E-state index < -0.39 is 34.3 Å². The molecule has 190 valence electrons. The van der Waals surface area contributed by atoms with Gasteiger partial charge in [0.15, 0.2) is 11.0 Å². The molecule has 0 radical (unpaired) electrons. The molecule has 0 amide bonds. The van der Waals surface area contributed by atoms with E-state index in [9.17, 15) is 14.4 Å². The number of carbonyl (C=O) groups excluding carboxylic acids is 3. The number of hydrogen-bond donors (Lipinski definition) is 0. The van der Waals surface area contributed by atoms with Crippen molar-refractivity contribution in [3.8, 4) is 0 Å². The average Bonchev–Trinajstić information content (AvgIpc) is 2.82. The zero-order valence-corrected chi connectivity index (χ0v) is 21.5. The monoisotopic (exact) mass is 482 g/mol. The number of rotatable bonds is 7. The number of hydrogen-bond acceptors (Lipinski definition) is 7. The van der Waals surface area contributed by atoms with Crippen molar-refractivity contribution in [1.29, 1.82) is 0 Å². The predicted octanol–water partition coefficient (Wildman–Crippen LogP) is 5.47. The van der Waals surface area contributed by atoms with Gasteiger partial charge in [-0.2, -0.15) is 0 Å². The van der Waals surface area contributed by atoms with Crippen LogP contribution in [0.4, 0.5) is 0 Å². The summed E-state index contributed by atoms with van der Waals surface area (Å²) in [6.07, 6.45) is 6.82. The Morgan fingerprint density at radius 3 is 2.26 bits per heavy atom. The SMILES string of the molecule is CC(=O)C1(C(=O)OC(C)(C)C)CCCCC1(N=C=NC1CCCCC1)C(=O)OCc1ccccc1. The van der Waals surface area contributed by atoms with Gasteiger partial charge in [-0.15, -0.1) is 0 Å². The Hall–Kier alpha value is -2.79. The first-order valence-electron chi connectivity index (χ1n) is 12.7. The molecule has 7 heteroatoms. The molecular formula is C28H38N2O5. The minimum atomic E-state index is -1.79. The highest BCUT2D eigenvalue weighted by Gasteiger charge is 2.67. The second kappa shape index (κ2) is 11.3. The van der Waals surface area contributed by atoms with Crippen molar-refractivity contribution in [2.45, 2.75) is 109 Å². The van der Waals surface area contributed by atoms with Crippen LogP contribution in [-0.4, -0.2) is 40.9 Å². The normalized spacial score (nSPS) is 25.1. The zero-order valence-electron chi connectivity index (χ0n) is 21.5. The maximum absolute atomic E-state index is 13.8. The smallest absolute Gasteiger partial charge is 0.336 e. The van der Waals surface area contributed by atoms with Crippen LogP contribution in [0.15, 0.2) is 40.3 Å². The van der Waals surface area contributed by atoms with Gasteiger partial charge in [-0.1, -0.05) is 62.4 Å². The van der Waals surface area contributed by atoms with Crippen molar-refractivity contribution in [2.24, 2.45) is 15.4 Å². The maximum atomic E-state index is 13.8. The van der Waals surface area contributed by atoms with Crippen LogP contribution in [0, 0.1) is 5.41 Å². The van der Waals surface area contributed by atoms with E-state index in [4.69, 9.17) is 9.47 Å². The molecule has 0 saturated heterocycles. The van der Waals surface area contributed by atoms with Crippen LogP contribution < -0.4 is 0 Å². The van der Waals surface area contributed by atoms with Crippen LogP contribution >= 0.6 is 0 Å². The number of nitrogens with zero attached hydrogens (tertiary/aromatic N) is 2. The molecule has 0 aromatic heterocycles. The number of ketones is 1. The van der Waals surface area contributed by atoms with Crippen LogP contribution in [0.25, 0.3) is 0 Å². The first kappa shape index (κ1) is 26.8. The summed E-state index contributed by atoms with van der Waals surface area (Å²) >= 11 is 0. The van der Waals surface area contributed by atoms with Gasteiger partial charge in [0, 0.05) is 0 Å². The van der Waals surface area contributed by atoms with E-state index in [2.05, 4.69) is 16.0 Å². The quantitative estimate of drug-likeness (QED) is 0.292.